The molecule has 1 aromatic rings. The van der Waals surface area contributed by atoms with Crippen LogP contribution in [-0.2, 0) is 11.3 Å². The minimum atomic E-state index is -0.742. The number of nitrogens with zero attached hydrogens (tertiary/aromatic N) is 3. The zero-order chi connectivity index (χ0) is 12.3. The topological polar surface area (TPSA) is 85.8 Å². The van der Waals surface area contributed by atoms with Gasteiger partial charge in [-0.1, -0.05) is 0 Å². The van der Waals surface area contributed by atoms with E-state index in [1.165, 1.54) is 6.33 Å². The predicted octanol–water partition coefficient (Wildman–Crippen LogP) is 0.213. The second-order valence-corrected chi connectivity index (χ2v) is 4.56. The molecule has 0 spiro atoms. The SMILES string of the molecule is CC(C)n1ncnc1CNC(C)(C)C(N)=O. The van der Waals surface area contributed by atoms with E-state index in [0.717, 1.165) is 5.82 Å². The summed E-state index contributed by atoms with van der Waals surface area (Å²) < 4.78 is 1.81. The van der Waals surface area contributed by atoms with E-state index in [1.807, 2.05) is 18.5 Å². The number of carbonyl (C=O) groups excluding carboxylic acids is 1. The fraction of sp³-hybridized carbons (Fsp3) is 0.700. The van der Waals surface area contributed by atoms with Crippen molar-refractivity contribution in [2.75, 3.05) is 0 Å². The van der Waals surface area contributed by atoms with Crippen molar-refractivity contribution in [1.82, 2.24) is 20.1 Å². The number of aromatic nitrogens is 3. The summed E-state index contributed by atoms with van der Waals surface area (Å²) in [6.07, 6.45) is 1.51. The Morgan fingerprint density at radius 3 is 2.75 bits per heavy atom. The molecule has 0 atom stereocenters. The zero-order valence-corrected chi connectivity index (χ0v) is 10.2. The predicted molar refractivity (Wildman–Crippen MR) is 60.5 cm³/mol. The Hall–Kier alpha value is -1.43. The van der Waals surface area contributed by atoms with Gasteiger partial charge in [0.15, 0.2) is 0 Å². The molecule has 0 radical (unpaired) electrons. The average Bonchev–Trinajstić information content (AvgIpc) is 2.62. The van der Waals surface area contributed by atoms with Crippen molar-refractivity contribution in [3.8, 4) is 0 Å². The number of nitrogens with two attached hydrogens (primary N) is 1. The molecule has 90 valence electrons. The summed E-state index contributed by atoms with van der Waals surface area (Å²) in [4.78, 5) is 15.3. The van der Waals surface area contributed by atoms with Gasteiger partial charge < -0.3 is 5.73 Å². The summed E-state index contributed by atoms with van der Waals surface area (Å²) >= 11 is 0. The highest BCUT2D eigenvalue weighted by atomic mass is 16.1. The molecule has 1 aromatic heterocycles. The van der Waals surface area contributed by atoms with Gasteiger partial charge in [0.05, 0.1) is 12.1 Å². The van der Waals surface area contributed by atoms with E-state index in [4.69, 9.17) is 5.73 Å². The molecule has 0 aliphatic rings. The number of hydrogen-bond donors (Lipinski definition) is 2. The summed E-state index contributed by atoms with van der Waals surface area (Å²) in [5, 5.41) is 7.17. The molecular formula is C10H19N5O. The molecule has 3 N–H and O–H groups in total. The van der Waals surface area contributed by atoms with Gasteiger partial charge in [-0.3, -0.25) is 10.1 Å². The third kappa shape index (κ3) is 2.79. The standard InChI is InChI=1S/C10H19N5O/c1-7(2)15-8(12-6-14-15)5-13-10(3,4)9(11)16/h6-7,13H,5H2,1-4H3,(H2,11,16). The van der Waals surface area contributed by atoms with Crippen molar-refractivity contribution in [1.29, 1.82) is 0 Å². The Labute approximate surface area is 95.2 Å². The largest absolute Gasteiger partial charge is 0.368 e. The molecular weight excluding hydrogens is 206 g/mol. The lowest BCUT2D eigenvalue weighted by atomic mass is 10.1. The molecule has 0 aromatic carbocycles. The number of hydrogen-bond acceptors (Lipinski definition) is 4. The quantitative estimate of drug-likeness (QED) is 0.750. The van der Waals surface area contributed by atoms with Gasteiger partial charge in [-0.15, -0.1) is 0 Å². The van der Waals surface area contributed by atoms with Crippen molar-refractivity contribution in [2.45, 2.75) is 45.8 Å². The van der Waals surface area contributed by atoms with Gasteiger partial charge in [-0.25, -0.2) is 9.67 Å². The van der Waals surface area contributed by atoms with Crippen molar-refractivity contribution in [3.05, 3.63) is 12.2 Å². The maximum absolute atomic E-state index is 11.1. The normalized spacial score (nSPS) is 12.1. The monoisotopic (exact) mass is 225 g/mol. The minimum Gasteiger partial charge on any atom is -0.368 e. The van der Waals surface area contributed by atoms with Gasteiger partial charge in [0, 0.05) is 6.04 Å². The highest BCUT2D eigenvalue weighted by Crippen LogP contribution is 2.07. The van der Waals surface area contributed by atoms with Crippen LogP contribution in [0, 0.1) is 0 Å². The number of primary amides is 1. The van der Waals surface area contributed by atoms with Crippen LogP contribution < -0.4 is 11.1 Å². The maximum Gasteiger partial charge on any atom is 0.237 e. The van der Waals surface area contributed by atoms with Crippen LogP contribution in [-0.4, -0.2) is 26.2 Å². The Morgan fingerprint density at radius 2 is 2.25 bits per heavy atom. The lowest BCUT2D eigenvalue weighted by molar-refractivity contribution is -0.123. The van der Waals surface area contributed by atoms with Gasteiger partial charge in [-0.05, 0) is 27.7 Å². The van der Waals surface area contributed by atoms with Crippen molar-refractivity contribution in [3.63, 3.8) is 0 Å². The van der Waals surface area contributed by atoms with E-state index in [1.54, 1.807) is 13.8 Å². The first-order chi connectivity index (χ1) is 7.34. The van der Waals surface area contributed by atoms with Gasteiger partial charge in [0.1, 0.15) is 12.2 Å². The molecule has 0 aliphatic heterocycles. The molecule has 1 rings (SSSR count). The van der Waals surface area contributed by atoms with Crippen LogP contribution in [0.4, 0.5) is 0 Å². The van der Waals surface area contributed by atoms with E-state index in [0.29, 0.717) is 6.54 Å². The van der Waals surface area contributed by atoms with E-state index in [2.05, 4.69) is 15.4 Å². The van der Waals surface area contributed by atoms with Crippen LogP contribution in [0.2, 0.25) is 0 Å². The molecule has 16 heavy (non-hydrogen) atoms. The molecule has 1 heterocycles. The first kappa shape index (κ1) is 12.6. The van der Waals surface area contributed by atoms with Crippen LogP contribution in [0.3, 0.4) is 0 Å². The second-order valence-electron chi connectivity index (χ2n) is 4.56. The fourth-order valence-corrected chi connectivity index (χ4v) is 1.22. The summed E-state index contributed by atoms with van der Waals surface area (Å²) in [5.74, 6) is 0.410. The Morgan fingerprint density at radius 1 is 1.62 bits per heavy atom. The van der Waals surface area contributed by atoms with Crippen LogP contribution in [0.15, 0.2) is 6.33 Å². The summed E-state index contributed by atoms with van der Waals surface area (Å²) in [6, 6.07) is 0.246. The molecule has 1 amide bonds. The fourth-order valence-electron chi connectivity index (χ4n) is 1.22. The number of carbonyl (C=O) groups is 1. The van der Waals surface area contributed by atoms with Crippen molar-refractivity contribution >= 4 is 5.91 Å². The Kier molecular flexibility index (Phi) is 3.64. The Bertz CT molecular complexity index is 369. The van der Waals surface area contributed by atoms with E-state index < -0.39 is 5.54 Å². The first-order valence-corrected chi connectivity index (χ1v) is 5.28. The minimum absolute atomic E-state index is 0.246. The van der Waals surface area contributed by atoms with Crippen LogP contribution in [0.1, 0.15) is 39.6 Å². The van der Waals surface area contributed by atoms with Gasteiger partial charge >= 0.3 is 0 Å². The summed E-state index contributed by atoms with van der Waals surface area (Å²) in [5.41, 5.74) is 4.52. The van der Waals surface area contributed by atoms with Crippen molar-refractivity contribution < 1.29 is 4.79 Å². The molecule has 0 fully saturated rings. The highest BCUT2D eigenvalue weighted by molar-refractivity contribution is 5.83. The molecule has 0 aliphatic carbocycles. The number of amides is 1. The lowest BCUT2D eigenvalue weighted by Crippen LogP contribution is -2.50. The lowest BCUT2D eigenvalue weighted by Gasteiger charge is -2.22. The second kappa shape index (κ2) is 4.61. The number of rotatable bonds is 5. The third-order valence-electron chi connectivity index (χ3n) is 2.44. The summed E-state index contributed by atoms with van der Waals surface area (Å²) in [6.45, 7) is 8.00. The number of nitrogens with one attached hydrogen (secondary N) is 1. The molecule has 0 saturated carbocycles. The summed E-state index contributed by atoms with van der Waals surface area (Å²) in [7, 11) is 0. The van der Waals surface area contributed by atoms with Crippen LogP contribution >= 0.6 is 0 Å². The van der Waals surface area contributed by atoms with Crippen LogP contribution in [0.25, 0.3) is 0 Å². The van der Waals surface area contributed by atoms with Gasteiger partial charge in [0.2, 0.25) is 5.91 Å². The van der Waals surface area contributed by atoms with E-state index in [9.17, 15) is 4.79 Å². The molecule has 6 heteroatoms. The molecule has 0 saturated heterocycles. The highest BCUT2D eigenvalue weighted by Gasteiger charge is 2.24. The third-order valence-corrected chi connectivity index (χ3v) is 2.44. The van der Waals surface area contributed by atoms with E-state index >= 15 is 0 Å². The van der Waals surface area contributed by atoms with Gasteiger partial charge in [0.25, 0.3) is 0 Å². The zero-order valence-electron chi connectivity index (χ0n) is 10.2. The Balaban J connectivity index is 2.68. The average molecular weight is 225 g/mol. The smallest absolute Gasteiger partial charge is 0.237 e. The van der Waals surface area contributed by atoms with E-state index in [-0.39, 0.29) is 11.9 Å². The van der Waals surface area contributed by atoms with Gasteiger partial charge in [-0.2, -0.15) is 5.10 Å². The molecule has 0 unspecified atom stereocenters. The van der Waals surface area contributed by atoms with Crippen molar-refractivity contribution in [2.24, 2.45) is 5.73 Å². The molecule has 0 bridgehead atoms. The van der Waals surface area contributed by atoms with Crippen LogP contribution in [0.5, 0.6) is 0 Å². The first-order valence-electron chi connectivity index (χ1n) is 5.28. The molecule has 6 nitrogen and oxygen atoms in total. The maximum atomic E-state index is 11.1.